The van der Waals surface area contributed by atoms with Gasteiger partial charge in [-0.3, -0.25) is 0 Å². The largest absolute Gasteiger partial charge is 0.508 e. The summed E-state index contributed by atoms with van der Waals surface area (Å²) in [6.07, 6.45) is 10.3. The number of fused-ring (bicyclic) bond motifs is 5. The molecule has 0 radical (unpaired) electrons. The monoisotopic (exact) mass is 326 g/mol. The molecule has 3 aliphatic carbocycles. The molecule has 2 saturated carbocycles. The van der Waals surface area contributed by atoms with Gasteiger partial charge in [0.2, 0.25) is 0 Å². The molecule has 2 N–H and O–H groups in total. The molecule has 0 amide bonds. The van der Waals surface area contributed by atoms with Crippen LogP contribution in [0.2, 0.25) is 0 Å². The van der Waals surface area contributed by atoms with E-state index in [1.165, 1.54) is 48.8 Å². The lowest BCUT2D eigenvalue weighted by Gasteiger charge is -2.49. The van der Waals surface area contributed by atoms with Crippen molar-refractivity contribution in [2.75, 3.05) is 6.61 Å². The first kappa shape index (κ1) is 16.2. The zero-order chi connectivity index (χ0) is 16.9. The van der Waals surface area contributed by atoms with Gasteiger partial charge in [-0.1, -0.05) is 31.6 Å². The highest BCUT2D eigenvalue weighted by atomic mass is 16.3. The molecule has 3 unspecified atom stereocenters. The first-order valence-electron chi connectivity index (χ1n) is 9.73. The summed E-state index contributed by atoms with van der Waals surface area (Å²) in [4.78, 5) is 0. The molecule has 4 rings (SSSR count). The van der Waals surface area contributed by atoms with Crippen molar-refractivity contribution in [3.05, 3.63) is 40.5 Å². The van der Waals surface area contributed by atoms with Crippen LogP contribution in [0.25, 0.3) is 0 Å². The topological polar surface area (TPSA) is 40.5 Å². The number of aryl methyl sites for hydroxylation is 2. The maximum atomic E-state index is 10.2. The summed E-state index contributed by atoms with van der Waals surface area (Å²) in [7, 11) is 0. The van der Waals surface area contributed by atoms with Gasteiger partial charge in [-0.15, -0.1) is 0 Å². The maximum absolute atomic E-state index is 10.2. The van der Waals surface area contributed by atoms with Crippen molar-refractivity contribution in [1.82, 2.24) is 0 Å². The number of phenols is 1. The van der Waals surface area contributed by atoms with Crippen LogP contribution < -0.4 is 0 Å². The van der Waals surface area contributed by atoms with E-state index in [-0.39, 0.29) is 6.61 Å². The normalized spacial score (nSPS) is 36.3. The van der Waals surface area contributed by atoms with Crippen molar-refractivity contribution >= 4 is 0 Å². The van der Waals surface area contributed by atoms with Gasteiger partial charge in [-0.05, 0) is 90.9 Å². The van der Waals surface area contributed by atoms with Gasteiger partial charge in [0.1, 0.15) is 5.75 Å². The van der Waals surface area contributed by atoms with Gasteiger partial charge in [0.15, 0.2) is 0 Å². The molecule has 2 fully saturated rings. The second-order valence-corrected chi connectivity index (χ2v) is 8.36. The highest BCUT2D eigenvalue weighted by Crippen LogP contribution is 2.62. The minimum atomic E-state index is 0.188. The van der Waals surface area contributed by atoms with E-state index in [0.717, 1.165) is 30.2 Å². The van der Waals surface area contributed by atoms with E-state index in [1.807, 2.05) is 6.07 Å². The van der Waals surface area contributed by atoms with Gasteiger partial charge < -0.3 is 10.2 Å². The lowest BCUT2D eigenvalue weighted by atomic mass is 9.55. The van der Waals surface area contributed by atoms with Crippen LogP contribution in [-0.4, -0.2) is 16.8 Å². The fourth-order valence-corrected chi connectivity index (χ4v) is 6.23. The highest BCUT2D eigenvalue weighted by molar-refractivity contribution is 5.46. The zero-order valence-corrected chi connectivity index (χ0v) is 15.0. The van der Waals surface area contributed by atoms with Gasteiger partial charge >= 0.3 is 0 Å². The van der Waals surface area contributed by atoms with Gasteiger partial charge in [0.25, 0.3) is 0 Å². The summed E-state index contributed by atoms with van der Waals surface area (Å²) >= 11 is 0. The van der Waals surface area contributed by atoms with E-state index in [9.17, 15) is 10.2 Å². The Bertz CT molecular complexity index is 675. The minimum Gasteiger partial charge on any atom is -0.508 e. The maximum Gasteiger partial charge on any atom is 0.119 e. The lowest BCUT2D eigenvalue weighted by Crippen LogP contribution is -2.40. The average molecular weight is 326 g/mol. The van der Waals surface area contributed by atoms with Crippen LogP contribution in [0.15, 0.2) is 23.8 Å². The average Bonchev–Trinajstić information content (AvgIpc) is 2.91. The summed E-state index contributed by atoms with van der Waals surface area (Å²) in [5, 5.41) is 19.6. The second-order valence-electron chi connectivity index (χ2n) is 8.36. The molecule has 0 saturated heterocycles. The van der Waals surface area contributed by atoms with E-state index in [1.54, 1.807) is 0 Å². The van der Waals surface area contributed by atoms with Crippen LogP contribution >= 0.6 is 0 Å². The second kappa shape index (κ2) is 5.91. The third-order valence-electron chi connectivity index (χ3n) is 7.49. The Labute approximate surface area is 145 Å². The van der Waals surface area contributed by atoms with Gasteiger partial charge in [0.05, 0.1) is 6.61 Å². The van der Waals surface area contributed by atoms with E-state index >= 15 is 0 Å². The summed E-state index contributed by atoms with van der Waals surface area (Å²) < 4.78 is 0. The molecule has 1 aromatic carbocycles. The first-order valence-corrected chi connectivity index (χ1v) is 9.73. The number of hydrogen-bond acceptors (Lipinski definition) is 2. The van der Waals surface area contributed by atoms with Crippen molar-refractivity contribution in [2.24, 2.45) is 17.3 Å². The van der Waals surface area contributed by atoms with Crippen LogP contribution in [0.1, 0.15) is 68.6 Å². The number of rotatable bonds is 2. The molecular formula is C22H30O2. The Kier molecular flexibility index (Phi) is 3.99. The van der Waals surface area contributed by atoms with Crippen LogP contribution in [0.5, 0.6) is 5.75 Å². The molecule has 24 heavy (non-hydrogen) atoms. The van der Waals surface area contributed by atoms with Crippen molar-refractivity contribution in [3.8, 4) is 5.75 Å². The molecule has 2 nitrogen and oxygen atoms in total. The van der Waals surface area contributed by atoms with E-state index < -0.39 is 0 Å². The van der Waals surface area contributed by atoms with Crippen LogP contribution in [0, 0.1) is 17.3 Å². The van der Waals surface area contributed by atoms with E-state index in [2.05, 4.69) is 26.0 Å². The van der Waals surface area contributed by atoms with Gasteiger partial charge in [-0.2, -0.15) is 0 Å². The SMILES string of the molecule is CCc1cc2c(cc1O)CCC1C2CC[C@]2(C)C(=CCO)CCC12. The molecule has 130 valence electrons. The number of benzene rings is 1. The fraction of sp³-hybridized carbons (Fsp3) is 0.636. The number of aliphatic hydroxyl groups excluding tert-OH is 1. The smallest absolute Gasteiger partial charge is 0.119 e. The van der Waals surface area contributed by atoms with E-state index in [4.69, 9.17) is 0 Å². The Morgan fingerprint density at radius 2 is 2.04 bits per heavy atom. The third-order valence-corrected chi connectivity index (χ3v) is 7.49. The molecule has 4 atom stereocenters. The Morgan fingerprint density at radius 1 is 1.21 bits per heavy atom. The minimum absolute atomic E-state index is 0.188. The predicted octanol–water partition coefficient (Wildman–Crippen LogP) is 4.73. The zero-order valence-electron chi connectivity index (χ0n) is 15.0. The van der Waals surface area contributed by atoms with Crippen LogP contribution in [-0.2, 0) is 12.8 Å². The highest BCUT2D eigenvalue weighted by Gasteiger charge is 2.52. The number of phenolic OH excluding ortho intramolecular Hbond substituents is 1. The van der Waals surface area contributed by atoms with Crippen LogP contribution in [0.4, 0.5) is 0 Å². The standard InChI is InChI=1S/C22H30O2/c1-3-14-12-19-15(13-21(14)24)4-6-18-17(19)8-10-22(2)16(9-11-23)5-7-20(18)22/h9,12-13,17-18,20,23-24H,3-8,10-11H2,1-2H3/t17?,18?,20?,22-/m1/s1. The Morgan fingerprint density at radius 3 is 2.79 bits per heavy atom. The number of allylic oxidation sites excluding steroid dienone is 1. The summed E-state index contributed by atoms with van der Waals surface area (Å²) in [5.74, 6) is 2.70. The van der Waals surface area contributed by atoms with Crippen molar-refractivity contribution < 1.29 is 10.2 Å². The predicted molar refractivity (Wildman–Crippen MR) is 97.3 cm³/mol. The molecule has 0 aliphatic heterocycles. The third kappa shape index (κ3) is 2.26. The molecule has 0 spiro atoms. The molecule has 0 aromatic heterocycles. The summed E-state index contributed by atoms with van der Waals surface area (Å²) in [6, 6.07) is 4.35. The molecule has 0 bridgehead atoms. The Balaban J connectivity index is 1.70. The number of hydrogen-bond donors (Lipinski definition) is 2. The van der Waals surface area contributed by atoms with Crippen molar-refractivity contribution in [3.63, 3.8) is 0 Å². The van der Waals surface area contributed by atoms with Gasteiger partial charge in [-0.25, -0.2) is 0 Å². The lowest BCUT2D eigenvalue weighted by molar-refractivity contribution is 0.0809. The molecule has 2 heteroatoms. The number of aromatic hydroxyl groups is 1. The first-order chi connectivity index (χ1) is 11.6. The molecular weight excluding hydrogens is 296 g/mol. The van der Waals surface area contributed by atoms with Gasteiger partial charge in [0, 0.05) is 0 Å². The molecule has 1 aromatic rings. The van der Waals surface area contributed by atoms with Crippen molar-refractivity contribution in [2.45, 2.75) is 64.7 Å². The quantitative estimate of drug-likeness (QED) is 0.771. The molecule has 3 aliphatic rings. The Hall–Kier alpha value is -1.28. The molecule has 0 heterocycles. The van der Waals surface area contributed by atoms with Crippen molar-refractivity contribution in [1.29, 1.82) is 0 Å². The van der Waals surface area contributed by atoms with E-state index in [0.29, 0.717) is 17.1 Å². The summed E-state index contributed by atoms with van der Waals surface area (Å²) in [6.45, 7) is 4.77. The van der Waals surface area contributed by atoms with Crippen LogP contribution in [0.3, 0.4) is 0 Å². The fourth-order valence-electron chi connectivity index (χ4n) is 6.23. The summed E-state index contributed by atoms with van der Waals surface area (Å²) in [5.41, 5.74) is 5.85. The number of aliphatic hydroxyl groups is 1.